The molecule has 0 radical (unpaired) electrons. The Kier molecular flexibility index (Phi) is 6.20. The second-order valence-corrected chi connectivity index (χ2v) is 10.2. The van der Waals surface area contributed by atoms with Crippen molar-refractivity contribution < 1.29 is 19.1 Å². The van der Waals surface area contributed by atoms with Crippen LogP contribution in [0.1, 0.15) is 30.5 Å². The Morgan fingerprint density at radius 2 is 1.64 bits per heavy atom. The zero-order valence-electron chi connectivity index (χ0n) is 21.0. The van der Waals surface area contributed by atoms with Gasteiger partial charge in [-0.05, 0) is 37.0 Å². The van der Waals surface area contributed by atoms with Gasteiger partial charge < -0.3 is 14.2 Å². The van der Waals surface area contributed by atoms with Gasteiger partial charge in [0.1, 0.15) is 11.2 Å². The lowest BCUT2D eigenvalue weighted by Crippen LogP contribution is -2.67. The fourth-order valence-electron chi connectivity index (χ4n) is 6.25. The number of carbonyl (C=O) groups is 3. The van der Waals surface area contributed by atoms with E-state index in [9.17, 15) is 19.2 Å². The van der Waals surface area contributed by atoms with Gasteiger partial charge in [0.25, 0.3) is 5.56 Å². The number of amides is 4. The van der Waals surface area contributed by atoms with E-state index in [-0.39, 0.29) is 30.4 Å². The number of urea groups is 1. The first-order valence-electron chi connectivity index (χ1n) is 12.5. The molecule has 0 unspecified atom stereocenters. The van der Waals surface area contributed by atoms with Crippen molar-refractivity contribution in [3.05, 3.63) is 64.1 Å². The Labute approximate surface area is 210 Å². The molecule has 2 atom stereocenters. The highest BCUT2D eigenvalue weighted by Gasteiger charge is 2.57. The second kappa shape index (κ2) is 9.20. The minimum absolute atomic E-state index is 0.0130. The number of rotatable bonds is 6. The van der Waals surface area contributed by atoms with Crippen LogP contribution in [-0.2, 0) is 22.6 Å². The molecule has 0 saturated carbocycles. The van der Waals surface area contributed by atoms with Crippen molar-refractivity contribution in [2.24, 2.45) is 11.3 Å². The lowest BCUT2D eigenvalue weighted by Gasteiger charge is -2.48. The molecule has 0 N–H and O–H groups in total. The molecule has 5 rings (SSSR count). The topological polar surface area (TPSA) is 92.2 Å². The number of barbiturate groups is 1. The predicted octanol–water partition coefficient (Wildman–Crippen LogP) is 1.95. The fourth-order valence-corrected chi connectivity index (χ4v) is 6.25. The lowest BCUT2D eigenvalue weighted by molar-refractivity contribution is -0.159. The average molecular weight is 493 g/mol. The Hall–Kier alpha value is -3.46. The van der Waals surface area contributed by atoms with E-state index >= 15 is 0 Å². The Bertz CT molecular complexity index is 1250. The van der Waals surface area contributed by atoms with Crippen molar-refractivity contribution in [3.63, 3.8) is 0 Å². The van der Waals surface area contributed by atoms with Crippen molar-refractivity contribution in [2.45, 2.75) is 32.2 Å². The molecular weight excluding hydrogens is 460 g/mol. The highest BCUT2D eigenvalue weighted by Crippen LogP contribution is 2.40. The van der Waals surface area contributed by atoms with E-state index in [1.807, 2.05) is 41.8 Å². The summed E-state index contributed by atoms with van der Waals surface area (Å²) < 4.78 is 7.67. The van der Waals surface area contributed by atoms with Gasteiger partial charge in [-0.1, -0.05) is 24.3 Å². The van der Waals surface area contributed by atoms with E-state index in [1.165, 1.54) is 14.1 Å². The molecule has 1 aromatic heterocycles. The molecular formula is C27H32N4O5. The number of carbonyl (C=O) groups excluding carboxylic acids is 3. The number of likely N-dealkylation sites (tertiary alicyclic amines) is 1. The van der Waals surface area contributed by atoms with Gasteiger partial charge >= 0.3 is 6.03 Å². The van der Waals surface area contributed by atoms with Gasteiger partial charge in [0.05, 0.1) is 6.61 Å². The van der Waals surface area contributed by atoms with Gasteiger partial charge in [0.2, 0.25) is 11.8 Å². The van der Waals surface area contributed by atoms with Crippen LogP contribution in [0.25, 0.3) is 0 Å². The van der Waals surface area contributed by atoms with Crippen LogP contribution in [0.15, 0.2) is 47.3 Å². The summed E-state index contributed by atoms with van der Waals surface area (Å²) in [5.41, 5.74) is 0.308. The number of benzene rings is 1. The number of para-hydroxylation sites is 1. The largest absolute Gasteiger partial charge is 0.494 e. The monoisotopic (exact) mass is 492 g/mol. The van der Waals surface area contributed by atoms with Crippen LogP contribution in [0.2, 0.25) is 0 Å². The third-order valence-corrected chi connectivity index (χ3v) is 7.82. The summed E-state index contributed by atoms with van der Waals surface area (Å²) in [5, 5.41) is 0. The standard InChI is InChI=1S/C27H32N4O5/c1-4-36-22-10-6-5-8-19(22)13-27(24(33)28(2)26(35)29(3)25(27)34)17-30-14-18-12-20(16-30)21-9-7-11-23(32)31(21)15-18/h5-11,18,20H,4,12-17H2,1-3H3/t18-,20-/m1/s1. The normalized spacial score (nSPS) is 23.6. The van der Waals surface area contributed by atoms with E-state index in [1.54, 1.807) is 12.1 Å². The third-order valence-electron chi connectivity index (χ3n) is 7.82. The number of fused-ring (bicyclic) bond motifs is 4. The van der Waals surface area contributed by atoms with E-state index in [2.05, 4.69) is 4.90 Å². The molecule has 2 aromatic rings. The number of ether oxygens (including phenoxy) is 1. The summed E-state index contributed by atoms with van der Waals surface area (Å²) in [4.78, 5) is 56.9. The highest BCUT2D eigenvalue weighted by molar-refractivity contribution is 6.19. The van der Waals surface area contributed by atoms with E-state index in [0.717, 1.165) is 27.5 Å². The van der Waals surface area contributed by atoms with Crippen LogP contribution in [0.5, 0.6) is 5.75 Å². The molecule has 4 heterocycles. The molecule has 2 bridgehead atoms. The van der Waals surface area contributed by atoms with Gasteiger partial charge in [-0.2, -0.15) is 0 Å². The summed E-state index contributed by atoms with van der Waals surface area (Å²) >= 11 is 0. The maximum atomic E-state index is 13.8. The number of aromatic nitrogens is 1. The number of piperidine rings is 1. The minimum atomic E-state index is -1.47. The second-order valence-electron chi connectivity index (χ2n) is 10.2. The SMILES string of the molecule is CCOc1ccccc1CC1(CN2C[C@H]3C[C@H](C2)c2cccc(=O)n2C3)C(=O)N(C)C(=O)N(C)C1=O. The minimum Gasteiger partial charge on any atom is -0.494 e. The molecule has 0 aliphatic carbocycles. The fraction of sp³-hybridized carbons (Fsp3) is 0.481. The van der Waals surface area contributed by atoms with Crippen LogP contribution < -0.4 is 10.3 Å². The van der Waals surface area contributed by atoms with Gasteiger partial charge in [-0.3, -0.25) is 24.2 Å². The van der Waals surface area contributed by atoms with Crippen LogP contribution in [0.4, 0.5) is 4.79 Å². The maximum Gasteiger partial charge on any atom is 0.332 e. The van der Waals surface area contributed by atoms with Gasteiger partial charge in [0, 0.05) is 64.4 Å². The number of hydrogen-bond acceptors (Lipinski definition) is 6. The van der Waals surface area contributed by atoms with Crippen molar-refractivity contribution in [3.8, 4) is 5.75 Å². The van der Waals surface area contributed by atoms with Gasteiger partial charge in [0.15, 0.2) is 0 Å². The molecule has 36 heavy (non-hydrogen) atoms. The first-order valence-corrected chi connectivity index (χ1v) is 12.5. The Balaban J connectivity index is 1.52. The maximum absolute atomic E-state index is 13.8. The molecule has 3 aliphatic heterocycles. The zero-order valence-corrected chi connectivity index (χ0v) is 21.0. The van der Waals surface area contributed by atoms with E-state index < -0.39 is 23.3 Å². The first kappa shape index (κ1) is 24.2. The smallest absolute Gasteiger partial charge is 0.332 e. The lowest BCUT2D eigenvalue weighted by atomic mass is 9.75. The number of imide groups is 2. The van der Waals surface area contributed by atoms with Crippen LogP contribution in [-0.4, -0.2) is 77.4 Å². The molecule has 190 valence electrons. The highest BCUT2D eigenvalue weighted by atomic mass is 16.5. The van der Waals surface area contributed by atoms with E-state index in [4.69, 9.17) is 4.74 Å². The summed E-state index contributed by atoms with van der Waals surface area (Å²) in [6, 6.07) is 12.2. The third kappa shape index (κ3) is 3.91. The predicted molar refractivity (Wildman–Crippen MR) is 133 cm³/mol. The Morgan fingerprint density at radius 1 is 0.917 bits per heavy atom. The van der Waals surface area contributed by atoms with Gasteiger partial charge in [-0.25, -0.2) is 4.79 Å². The first-order chi connectivity index (χ1) is 17.2. The summed E-state index contributed by atoms with van der Waals surface area (Å²) in [6.07, 6.45) is 1.10. The summed E-state index contributed by atoms with van der Waals surface area (Å²) in [7, 11) is 2.87. The molecule has 9 heteroatoms. The van der Waals surface area contributed by atoms with Crippen LogP contribution >= 0.6 is 0 Å². The molecule has 2 saturated heterocycles. The quantitative estimate of drug-likeness (QED) is 0.573. The Morgan fingerprint density at radius 3 is 2.36 bits per heavy atom. The van der Waals surface area contributed by atoms with Gasteiger partial charge in [-0.15, -0.1) is 0 Å². The molecule has 2 fully saturated rings. The van der Waals surface area contributed by atoms with Crippen molar-refractivity contribution >= 4 is 17.8 Å². The van der Waals surface area contributed by atoms with Crippen LogP contribution in [0.3, 0.4) is 0 Å². The molecule has 9 nitrogen and oxygen atoms in total. The zero-order chi connectivity index (χ0) is 25.6. The summed E-state index contributed by atoms with van der Waals surface area (Å²) in [5.74, 6) is 0.0366. The number of nitrogens with zero attached hydrogens (tertiary/aromatic N) is 4. The van der Waals surface area contributed by atoms with Crippen molar-refractivity contribution in [2.75, 3.05) is 40.3 Å². The average Bonchev–Trinajstić information content (AvgIpc) is 2.87. The molecule has 1 aromatic carbocycles. The molecule has 0 spiro atoms. The van der Waals surface area contributed by atoms with Crippen molar-refractivity contribution in [1.82, 2.24) is 19.3 Å². The number of pyridine rings is 1. The van der Waals surface area contributed by atoms with E-state index in [0.29, 0.717) is 32.0 Å². The van der Waals surface area contributed by atoms with Crippen LogP contribution in [0, 0.1) is 11.3 Å². The van der Waals surface area contributed by atoms with Crippen molar-refractivity contribution in [1.29, 1.82) is 0 Å². The molecule has 4 amide bonds. The summed E-state index contributed by atoms with van der Waals surface area (Å²) in [6.45, 7) is 4.47. The number of hydrogen-bond donors (Lipinski definition) is 0. The molecule has 3 aliphatic rings.